The van der Waals surface area contributed by atoms with E-state index >= 15 is 0 Å². The fourth-order valence-electron chi connectivity index (χ4n) is 2.13. The van der Waals surface area contributed by atoms with Gasteiger partial charge in [0.05, 0.1) is 0 Å². The third-order valence-electron chi connectivity index (χ3n) is 3.21. The molecule has 0 saturated heterocycles. The van der Waals surface area contributed by atoms with Gasteiger partial charge in [0.15, 0.2) is 5.92 Å². The highest BCUT2D eigenvalue weighted by Gasteiger charge is 2.45. The monoisotopic (exact) mass is 349 g/mol. The number of benzene rings is 1. The first kappa shape index (κ1) is 14.9. The molecule has 0 aliphatic carbocycles. The van der Waals surface area contributed by atoms with Gasteiger partial charge >= 0.3 is 12.1 Å². The summed E-state index contributed by atoms with van der Waals surface area (Å²) in [5.74, 6) is -4.30. The van der Waals surface area contributed by atoms with Crippen molar-refractivity contribution in [3.05, 3.63) is 34.4 Å². The lowest BCUT2D eigenvalue weighted by atomic mass is 10.1. The number of carboxylic acid groups (broad SMARTS) is 1. The Hall–Kier alpha value is -1.50. The maximum Gasteiger partial charge on any atom is 0.403 e. The summed E-state index contributed by atoms with van der Waals surface area (Å²) in [7, 11) is 0. The van der Waals surface area contributed by atoms with Gasteiger partial charge in [-0.1, -0.05) is 18.2 Å². The van der Waals surface area contributed by atoms with E-state index in [4.69, 9.17) is 5.11 Å². The number of hydrogen-bond acceptors (Lipinski definition) is 1. The van der Waals surface area contributed by atoms with Crippen molar-refractivity contribution in [2.45, 2.75) is 19.6 Å². The summed E-state index contributed by atoms with van der Waals surface area (Å²) < 4.78 is 40.4. The van der Waals surface area contributed by atoms with Crippen LogP contribution in [0.2, 0.25) is 0 Å². The predicted octanol–water partition coefficient (Wildman–Crippen LogP) is 3.98. The number of nitrogens with zero attached hydrogens (tertiary/aromatic N) is 1. The van der Waals surface area contributed by atoms with Crippen molar-refractivity contribution in [2.75, 3.05) is 0 Å². The predicted molar refractivity (Wildman–Crippen MR) is 71.6 cm³/mol. The molecule has 0 aliphatic rings. The van der Waals surface area contributed by atoms with Crippen molar-refractivity contribution in [3.63, 3.8) is 0 Å². The van der Waals surface area contributed by atoms with Crippen molar-refractivity contribution < 1.29 is 23.1 Å². The van der Waals surface area contributed by atoms with Crippen LogP contribution >= 0.6 is 15.9 Å². The number of carboxylic acids is 1. The number of aromatic nitrogens is 1. The second-order valence-electron chi connectivity index (χ2n) is 4.46. The Morgan fingerprint density at radius 1 is 1.40 bits per heavy atom. The van der Waals surface area contributed by atoms with Gasteiger partial charge in [-0.15, -0.1) is 0 Å². The zero-order chi connectivity index (χ0) is 15.1. The van der Waals surface area contributed by atoms with Gasteiger partial charge in [0.25, 0.3) is 0 Å². The van der Waals surface area contributed by atoms with Crippen LogP contribution < -0.4 is 0 Å². The molecule has 3 nitrogen and oxygen atoms in total. The fourth-order valence-corrected chi connectivity index (χ4v) is 2.68. The highest BCUT2D eigenvalue weighted by molar-refractivity contribution is 9.10. The van der Waals surface area contributed by atoms with Gasteiger partial charge in [0.1, 0.15) is 0 Å². The molecule has 0 amide bonds. The molecule has 0 aliphatic heterocycles. The average molecular weight is 350 g/mol. The van der Waals surface area contributed by atoms with E-state index in [0.29, 0.717) is 15.7 Å². The van der Waals surface area contributed by atoms with Gasteiger partial charge in [0.2, 0.25) is 0 Å². The van der Waals surface area contributed by atoms with E-state index in [1.165, 1.54) is 4.57 Å². The van der Waals surface area contributed by atoms with Crippen LogP contribution in [0.1, 0.15) is 5.69 Å². The third-order valence-corrected chi connectivity index (χ3v) is 4.21. The van der Waals surface area contributed by atoms with E-state index < -0.39 is 24.6 Å². The van der Waals surface area contributed by atoms with Crippen LogP contribution in [-0.4, -0.2) is 21.8 Å². The molecule has 1 aromatic carbocycles. The molecule has 0 spiro atoms. The Balaban J connectivity index is 2.53. The van der Waals surface area contributed by atoms with Gasteiger partial charge in [-0.25, -0.2) is 0 Å². The molecule has 1 aromatic heterocycles. The second-order valence-corrected chi connectivity index (χ2v) is 5.25. The summed E-state index contributed by atoms with van der Waals surface area (Å²) in [4.78, 5) is 10.9. The topological polar surface area (TPSA) is 42.2 Å². The normalized spacial score (nSPS) is 13.7. The largest absolute Gasteiger partial charge is 0.481 e. The average Bonchev–Trinajstić information content (AvgIpc) is 2.58. The zero-order valence-corrected chi connectivity index (χ0v) is 12.0. The van der Waals surface area contributed by atoms with Crippen molar-refractivity contribution in [3.8, 4) is 0 Å². The Morgan fingerprint density at radius 2 is 2.00 bits per heavy atom. The van der Waals surface area contributed by atoms with Crippen LogP contribution in [0.25, 0.3) is 10.9 Å². The summed E-state index contributed by atoms with van der Waals surface area (Å²) in [5.41, 5.74) is 1.15. The van der Waals surface area contributed by atoms with Crippen molar-refractivity contribution >= 4 is 32.8 Å². The maximum atomic E-state index is 12.8. The second kappa shape index (κ2) is 5.12. The minimum Gasteiger partial charge on any atom is -0.481 e. The number of fused-ring (bicyclic) bond motifs is 1. The van der Waals surface area contributed by atoms with Crippen molar-refractivity contribution in [2.24, 2.45) is 5.92 Å². The molecule has 108 valence electrons. The number of hydrogen-bond donors (Lipinski definition) is 1. The molecular formula is C13H11BrF3NO2. The van der Waals surface area contributed by atoms with E-state index in [-0.39, 0.29) is 0 Å². The molecule has 0 fully saturated rings. The fraction of sp³-hybridized carbons (Fsp3) is 0.308. The molecule has 1 heterocycles. The number of halogens is 4. The van der Waals surface area contributed by atoms with Crippen LogP contribution in [-0.2, 0) is 11.3 Å². The SMILES string of the molecule is Cc1c(Br)c2ccccc2n1CC(C(=O)O)C(F)(F)F. The lowest BCUT2D eigenvalue weighted by Crippen LogP contribution is -2.34. The van der Waals surface area contributed by atoms with Gasteiger partial charge in [-0.2, -0.15) is 13.2 Å². The standard InChI is InChI=1S/C13H11BrF3NO2/c1-7-11(14)8-4-2-3-5-10(8)18(7)6-9(12(19)20)13(15,16)17/h2-5,9H,6H2,1H3,(H,19,20). The minimum absolute atomic E-state index is 0.571. The lowest BCUT2D eigenvalue weighted by molar-refractivity contribution is -0.195. The number of rotatable bonds is 3. The Labute approximate surface area is 121 Å². The quantitative estimate of drug-likeness (QED) is 0.910. The van der Waals surface area contributed by atoms with E-state index in [9.17, 15) is 18.0 Å². The Bertz CT molecular complexity index is 663. The summed E-state index contributed by atoms with van der Waals surface area (Å²) >= 11 is 3.33. The van der Waals surface area contributed by atoms with E-state index in [2.05, 4.69) is 15.9 Å². The number of aliphatic carboxylic acids is 1. The van der Waals surface area contributed by atoms with E-state index in [1.54, 1.807) is 31.2 Å². The highest BCUT2D eigenvalue weighted by Crippen LogP contribution is 2.34. The molecule has 1 unspecified atom stereocenters. The van der Waals surface area contributed by atoms with Gasteiger partial charge in [0, 0.05) is 27.6 Å². The van der Waals surface area contributed by atoms with Gasteiger partial charge in [-0.05, 0) is 28.9 Å². The first-order valence-electron chi connectivity index (χ1n) is 5.76. The summed E-state index contributed by atoms with van der Waals surface area (Å²) in [6.07, 6.45) is -4.78. The van der Waals surface area contributed by atoms with Crippen molar-refractivity contribution in [1.82, 2.24) is 4.57 Å². The summed E-state index contributed by atoms with van der Waals surface area (Å²) in [6.45, 7) is 1.01. The van der Waals surface area contributed by atoms with Crippen LogP contribution in [0.15, 0.2) is 28.7 Å². The van der Waals surface area contributed by atoms with Gasteiger partial charge in [-0.3, -0.25) is 4.79 Å². The number of para-hydroxylation sites is 1. The van der Waals surface area contributed by atoms with Crippen LogP contribution in [0.4, 0.5) is 13.2 Å². The Kier molecular flexibility index (Phi) is 3.82. The molecule has 0 saturated carbocycles. The molecule has 2 rings (SSSR count). The first-order valence-corrected chi connectivity index (χ1v) is 6.55. The minimum atomic E-state index is -4.78. The number of alkyl halides is 3. The lowest BCUT2D eigenvalue weighted by Gasteiger charge is -2.18. The molecule has 2 aromatic rings. The van der Waals surface area contributed by atoms with Crippen LogP contribution in [0.5, 0.6) is 0 Å². The maximum absolute atomic E-state index is 12.8. The zero-order valence-electron chi connectivity index (χ0n) is 10.4. The van der Waals surface area contributed by atoms with Crippen molar-refractivity contribution in [1.29, 1.82) is 0 Å². The molecule has 0 radical (unpaired) electrons. The first-order chi connectivity index (χ1) is 9.23. The molecule has 0 bridgehead atoms. The summed E-state index contributed by atoms with van der Waals surface area (Å²) in [5, 5.41) is 9.56. The highest BCUT2D eigenvalue weighted by atomic mass is 79.9. The molecule has 1 N–H and O–H groups in total. The molecular weight excluding hydrogens is 339 g/mol. The third kappa shape index (κ3) is 2.54. The molecule has 1 atom stereocenters. The smallest absolute Gasteiger partial charge is 0.403 e. The molecule has 20 heavy (non-hydrogen) atoms. The van der Waals surface area contributed by atoms with E-state index in [0.717, 1.165) is 5.39 Å². The van der Waals surface area contributed by atoms with E-state index in [1.807, 2.05) is 0 Å². The number of carbonyl (C=O) groups is 1. The molecule has 7 heteroatoms. The summed E-state index contributed by atoms with van der Waals surface area (Å²) in [6, 6.07) is 6.91. The van der Waals surface area contributed by atoms with Crippen LogP contribution in [0.3, 0.4) is 0 Å². The van der Waals surface area contributed by atoms with Crippen LogP contribution in [0, 0.1) is 12.8 Å². The Morgan fingerprint density at radius 3 is 2.55 bits per heavy atom. The van der Waals surface area contributed by atoms with Gasteiger partial charge < -0.3 is 9.67 Å².